The SMILES string of the molecule is Cc1ccc(-c2ccc(C(=O)NC(Cc3ccc(N4CCC(NS(=O)(=O)c5ccc(F)c(Cl)c5)C4)c(F)c3)C(=O)O)o2)cc1. The molecule has 230 valence electrons. The molecule has 0 saturated carbocycles. The number of furan rings is 1. The molecule has 1 saturated heterocycles. The van der Waals surface area contributed by atoms with Gasteiger partial charge in [-0.05, 0) is 61.4 Å². The summed E-state index contributed by atoms with van der Waals surface area (Å²) in [4.78, 5) is 26.2. The number of hydrogen-bond donors (Lipinski definition) is 3. The van der Waals surface area contributed by atoms with E-state index in [0.717, 1.165) is 29.3 Å². The lowest BCUT2D eigenvalue weighted by Crippen LogP contribution is -2.42. The lowest BCUT2D eigenvalue weighted by atomic mass is 10.0. The summed E-state index contributed by atoms with van der Waals surface area (Å²) in [6.45, 7) is 2.47. The fraction of sp³-hybridized carbons (Fsp3) is 0.226. The summed E-state index contributed by atoms with van der Waals surface area (Å²) < 4.78 is 62.3. The number of carboxylic acids is 1. The number of carboxylic acid groups (broad SMARTS) is 1. The third-order valence-corrected chi connectivity index (χ3v) is 9.08. The number of amides is 1. The number of aryl methyl sites for hydroxylation is 1. The van der Waals surface area contributed by atoms with E-state index in [4.69, 9.17) is 16.0 Å². The van der Waals surface area contributed by atoms with E-state index >= 15 is 4.39 Å². The topological polar surface area (TPSA) is 129 Å². The van der Waals surface area contributed by atoms with E-state index in [1.54, 1.807) is 17.0 Å². The Kier molecular flexibility index (Phi) is 9.05. The smallest absolute Gasteiger partial charge is 0.326 e. The van der Waals surface area contributed by atoms with Crippen molar-refractivity contribution in [2.75, 3.05) is 18.0 Å². The molecule has 5 rings (SSSR count). The maximum atomic E-state index is 15.2. The van der Waals surface area contributed by atoms with Crippen LogP contribution in [0, 0.1) is 18.6 Å². The molecule has 9 nitrogen and oxygen atoms in total. The van der Waals surface area contributed by atoms with Crippen LogP contribution in [0.2, 0.25) is 5.02 Å². The summed E-state index contributed by atoms with van der Waals surface area (Å²) in [6, 6.07) is 16.0. The van der Waals surface area contributed by atoms with Crippen molar-refractivity contribution >= 4 is 39.2 Å². The van der Waals surface area contributed by atoms with Crippen molar-refractivity contribution in [2.24, 2.45) is 0 Å². The van der Waals surface area contributed by atoms with Crippen molar-refractivity contribution in [1.29, 1.82) is 0 Å². The Bertz CT molecular complexity index is 1810. The van der Waals surface area contributed by atoms with E-state index in [9.17, 15) is 27.5 Å². The monoisotopic (exact) mass is 643 g/mol. The fourth-order valence-corrected chi connectivity index (χ4v) is 6.47. The first-order chi connectivity index (χ1) is 20.9. The highest BCUT2D eigenvalue weighted by molar-refractivity contribution is 7.89. The van der Waals surface area contributed by atoms with Gasteiger partial charge in [0, 0.05) is 31.1 Å². The maximum absolute atomic E-state index is 15.2. The average molecular weight is 644 g/mol. The normalized spacial score (nSPS) is 15.7. The molecule has 0 aliphatic carbocycles. The number of carbonyl (C=O) groups excluding carboxylic acids is 1. The van der Waals surface area contributed by atoms with Gasteiger partial charge in [0.2, 0.25) is 10.0 Å². The van der Waals surface area contributed by atoms with Gasteiger partial charge in [-0.15, -0.1) is 0 Å². The molecule has 2 heterocycles. The number of sulfonamides is 1. The lowest BCUT2D eigenvalue weighted by Gasteiger charge is -2.21. The molecule has 3 N–H and O–H groups in total. The summed E-state index contributed by atoms with van der Waals surface area (Å²) in [5.41, 5.74) is 2.38. The van der Waals surface area contributed by atoms with Gasteiger partial charge in [-0.3, -0.25) is 4.79 Å². The molecule has 0 radical (unpaired) electrons. The number of hydrogen-bond acceptors (Lipinski definition) is 6. The van der Waals surface area contributed by atoms with Crippen molar-refractivity contribution in [3.05, 3.63) is 106 Å². The zero-order chi connectivity index (χ0) is 31.6. The highest BCUT2D eigenvalue weighted by atomic mass is 35.5. The molecule has 1 aliphatic heterocycles. The second kappa shape index (κ2) is 12.8. The second-order valence-electron chi connectivity index (χ2n) is 10.5. The molecule has 1 amide bonds. The zero-order valence-corrected chi connectivity index (χ0v) is 25.0. The first-order valence-corrected chi connectivity index (χ1v) is 15.5. The van der Waals surface area contributed by atoms with Gasteiger partial charge in [-0.25, -0.2) is 26.7 Å². The van der Waals surface area contributed by atoms with Gasteiger partial charge in [-0.1, -0.05) is 47.5 Å². The van der Waals surface area contributed by atoms with Crippen LogP contribution in [0.4, 0.5) is 14.5 Å². The van der Waals surface area contributed by atoms with Crippen molar-refractivity contribution in [3.63, 3.8) is 0 Å². The van der Waals surface area contributed by atoms with Gasteiger partial charge in [0.05, 0.1) is 15.6 Å². The third-order valence-electron chi connectivity index (χ3n) is 7.27. The van der Waals surface area contributed by atoms with Crippen molar-refractivity contribution in [2.45, 2.75) is 36.7 Å². The van der Waals surface area contributed by atoms with Crippen LogP contribution in [-0.2, 0) is 21.2 Å². The van der Waals surface area contributed by atoms with Gasteiger partial charge in [0.1, 0.15) is 23.4 Å². The highest BCUT2D eigenvalue weighted by Crippen LogP contribution is 2.27. The number of benzene rings is 3. The molecule has 0 bridgehead atoms. The molecule has 0 spiro atoms. The molecule has 4 aromatic rings. The van der Waals surface area contributed by atoms with Crippen LogP contribution in [0.5, 0.6) is 0 Å². The third kappa shape index (κ3) is 7.09. The Hall–Kier alpha value is -4.26. The van der Waals surface area contributed by atoms with Gasteiger partial charge in [-0.2, -0.15) is 0 Å². The van der Waals surface area contributed by atoms with Gasteiger partial charge in [0.25, 0.3) is 5.91 Å². The van der Waals surface area contributed by atoms with E-state index in [1.165, 1.54) is 18.2 Å². The van der Waals surface area contributed by atoms with Crippen molar-refractivity contribution < 1.29 is 36.3 Å². The second-order valence-corrected chi connectivity index (χ2v) is 12.6. The van der Waals surface area contributed by atoms with Gasteiger partial charge < -0.3 is 19.7 Å². The first-order valence-electron chi connectivity index (χ1n) is 13.6. The van der Waals surface area contributed by atoms with Crippen molar-refractivity contribution in [1.82, 2.24) is 10.0 Å². The minimum absolute atomic E-state index is 0.0601. The Morgan fingerprint density at radius 1 is 1.05 bits per heavy atom. The predicted molar refractivity (Wildman–Crippen MR) is 160 cm³/mol. The Morgan fingerprint density at radius 2 is 1.80 bits per heavy atom. The summed E-state index contributed by atoms with van der Waals surface area (Å²) >= 11 is 5.72. The molecule has 1 aliphatic rings. The molecule has 44 heavy (non-hydrogen) atoms. The highest BCUT2D eigenvalue weighted by Gasteiger charge is 2.30. The lowest BCUT2D eigenvalue weighted by molar-refractivity contribution is -0.139. The maximum Gasteiger partial charge on any atom is 0.326 e. The van der Waals surface area contributed by atoms with Crippen LogP contribution < -0.4 is 14.9 Å². The minimum Gasteiger partial charge on any atom is -0.480 e. The van der Waals surface area contributed by atoms with E-state index < -0.39 is 45.6 Å². The standard InChI is InChI=1S/C31H28ClF2N3O6S/c1-18-2-5-20(6-3-18)28-10-11-29(43-28)30(38)35-26(31(39)40)15-19-4-9-27(25(34)14-19)37-13-12-21(17-37)36-44(41,42)22-7-8-24(33)23(32)16-22/h2-11,14,16,21,26,36H,12-13,15,17H2,1H3,(H,35,38)(H,39,40). The van der Waals surface area contributed by atoms with Crippen LogP contribution in [-0.4, -0.2) is 50.6 Å². The molecule has 2 atom stereocenters. The van der Waals surface area contributed by atoms with E-state index in [1.807, 2.05) is 31.2 Å². The fourth-order valence-electron chi connectivity index (χ4n) is 4.94. The number of nitrogens with one attached hydrogen (secondary N) is 2. The van der Waals surface area contributed by atoms with Crippen LogP contribution in [0.3, 0.4) is 0 Å². The van der Waals surface area contributed by atoms with E-state index in [0.29, 0.717) is 24.3 Å². The molecular weight excluding hydrogens is 616 g/mol. The Morgan fingerprint density at radius 3 is 2.48 bits per heavy atom. The van der Waals surface area contributed by atoms with Crippen molar-refractivity contribution in [3.8, 4) is 11.3 Å². The number of carbonyl (C=O) groups is 2. The van der Waals surface area contributed by atoms with Crippen LogP contribution in [0.15, 0.2) is 82.1 Å². The summed E-state index contributed by atoms with van der Waals surface area (Å²) in [5, 5.41) is 11.9. The molecule has 3 aromatic carbocycles. The predicted octanol–water partition coefficient (Wildman–Crippen LogP) is 5.17. The Labute approximate surface area is 257 Å². The molecule has 1 fully saturated rings. The first kappa shape index (κ1) is 31.2. The summed E-state index contributed by atoms with van der Waals surface area (Å²) in [5.74, 6) is -2.99. The van der Waals surface area contributed by atoms with Crippen LogP contribution >= 0.6 is 11.6 Å². The van der Waals surface area contributed by atoms with E-state index in [2.05, 4.69) is 10.0 Å². The number of nitrogens with zero attached hydrogens (tertiary/aromatic N) is 1. The quantitative estimate of drug-likeness (QED) is 0.218. The van der Waals surface area contributed by atoms with Gasteiger partial charge >= 0.3 is 5.97 Å². The molecule has 2 unspecified atom stereocenters. The Balaban J connectivity index is 1.21. The van der Waals surface area contributed by atoms with Gasteiger partial charge in [0.15, 0.2) is 5.76 Å². The molecular formula is C31H28ClF2N3O6S. The number of aliphatic carboxylic acids is 1. The average Bonchev–Trinajstić information content (AvgIpc) is 3.65. The molecule has 13 heteroatoms. The number of halogens is 3. The summed E-state index contributed by atoms with van der Waals surface area (Å²) in [6.07, 6.45) is 0.202. The van der Waals surface area contributed by atoms with Crippen LogP contribution in [0.1, 0.15) is 28.1 Å². The largest absolute Gasteiger partial charge is 0.480 e. The summed E-state index contributed by atoms with van der Waals surface area (Å²) in [7, 11) is -3.99. The van der Waals surface area contributed by atoms with Crippen LogP contribution in [0.25, 0.3) is 11.3 Å². The number of rotatable bonds is 10. The zero-order valence-electron chi connectivity index (χ0n) is 23.4. The molecule has 1 aromatic heterocycles. The number of anilines is 1. The van der Waals surface area contributed by atoms with E-state index in [-0.39, 0.29) is 34.3 Å². The minimum atomic E-state index is -3.99.